The van der Waals surface area contributed by atoms with E-state index in [1.54, 1.807) is 29.6 Å². The van der Waals surface area contributed by atoms with Crippen LogP contribution in [0.2, 0.25) is 0 Å². The van der Waals surface area contributed by atoms with E-state index in [-0.39, 0.29) is 5.91 Å². The van der Waals surface area contributed by atoms with Gasteiger partial charge >= 0.3 is 5.97 Å². The summed E-state index contributed by atoms with van der Waals surface area (Å²) in [4.78, 5) is 25.9. The van der Waals surface area contributed by atoms with Crippen LogP contribution in [0.1, 0.15) is 30.6 Å². The van der Waals surface area contributed by atoms with Crippen molar-refractivity contribution in [3.8, 4) is 0 Å². The third-order valence-corrected chi connectivity index (χ3v) is 4.66. The van der Waals surface area contributed by atoms with Crippen LogP contribution >= 0.6 is 0 Å². The Balaban J connectivity index is 1.63. The molecule has 7 nitrogen and oxygen atoms in total. The Morgan fingerprint density at radius 3 is 2.67 bits per heavy atom. The topological polar surface area (TPSA) is 88.6 Å². The van der Waals surface area contributed by atoms with Crippen LogP contribution in [0.3, 0.4) is 0 Å². The van der Waals surface area contributed by atoms with Crippen molar-refractivity contribution in [3.63, 3.8) is 0 Å². The number of piperidine rings is 1. The number of nitrogens with zero attached hydrogens (tertiary/aromatic N) is 3. The number of rotatable bonds is 5. The fourth-order valence-electron chi connectivity index (χ4n) is 3.16. The second-order valence-corrected chi connectivity index (χ2v) is 6.26. The van der Waals surface area contributed by atoms with Crippen LogP contribution in [0.4, 0.5) is 0 Å². The molecule has 0 saturated carbocycles. The van der Waals surface area contributed by atoms with E-state index in [1.807, 2.05) is 13.0 Å². The van der Waals surface area contributed by atoms with E-state index in [1.165, 1.54) is 4.68 Å². The lowest BCUT2D eigenvalue weighted by molar-refractivity contribution is -0.153. The number of carboxylic acid groups (broad SMARTS) is 1. The van der Waals surface area contributed by atoms with E-state index >= 15 is 0 Å². The van der Waals surface area contributed by atoms with Gasteiger partial charge < -0.3 is 14.4 Å². The Hall–Kier alpha value is -2.57. The van der Waals surface area contributed by atoms with Crippen molar-refractivity contribution in [1.29, 1.82) is 0 Å². The summed E-state index contributed by atoms with van der Waals surface area (Å²) >= 11 is 0. The van der Waals surface area contributed by atoms with Crippen molar-refractivity contribution < 1.29 is 19.1 Å². The van der Waals surface area contributed by atoms with Crippen LogP contribution in [0, 0.1) is 6.92 Å². The minimum absolute atomic E-state index is 0.0297. The van der Waals surface area contributed by atoms with Crippen molar-refractivity contribution in [3.05, 3.63) is 42.1 Å². The van der Waals surface area contributed by atoms with Gasteiger partial charge in [0, 0.05) is 45.0 Å². The molecule has 0 aromatic carbocycles. The van der Waals surface area contributed by atoms with E-state index < -0.39 is 11.5 Å². The first-order valence-corrected chi connectivity index (χ1v) is 8.06. The molecule has 1 saturated heterocycles. The zero-order valence-electron chi connectivity index (χ0n) is 13.6. The molecule has 2 aromatic heterocycles. The number of hydrogen-bond donors (Lipinski definition) is 1. The van der Waals surface area contributed by atoms with Crippen LogP contribution in [0.5, 0.6) is 0 Å². The average Bonchev–Trinajstić information content (AvgIpc) is 3.24. The molecule has 0 unspecified atom stereocenters. The maximum atomic E-state index is 12.3. The molecule has 3 heterocycles. The molecule has 7 heteroatoms. The first-order valence-electron chi connectivity index (χ1n) is 8.06. The molecule has 1 N–H and O–H groups in total. The van der Waals surface area contributed by atoms with Gasteiger partial charge in [-0.25, -0.2) is 4.79 Å². The monoisotopic (exact) mass is 331 g/mol. The summed E-state index contributed by atoms with van der Waals surface area (Å²) in [7, 11) is 0. The normalized spacial score (nSPS) is 17.0. The fourth-order valence-corrected chi connectivity index (χ4v) is 3.16. The molecule has 1 aliphatic rings. The van der Waals surface area contributed by atoms with Crippen LogP contribution in [0.25, 0.3) is 0 Å². The molecule has 0 atom stereocenters. The lowest BCUT2D eigenvalue weighted by atomic mass is 9.87. The van der Waals surface area contributed by atoms with Gasteiger partial charge in [-0.1, -0.05) is 0 Å². The van der Waals surface area contributed by atoms with Gasteiger partial charge in [-0.05, 0) is 24.6 Å². The third kappa shape index (κ3) is 3.06. The highest BCUT2D eigenvalue weighted by Gasteiger charge is 2.44. The highest BCUT2D eigenvalue weighted by Crippen LogP contribution is 2.30. The molecule has 1 amide bonds. The van der Waals surface area contributed by atoms with Crippen LogP contribution in [-0.2, 0) is 21.5 Å². The molecule has 0 bridgehead atoms. The molecule has 1 fully saturated rings. The second kappa shape index (κ2) is 6.51. The number of aromatic nitrogens is 2. The number of amides is 1. The fraction of sp³-hybridized carbons (Fsp3) is 0.471. The third-order valence-electron chi connectivity index (χ3n) is 4.66. The minimum atomic E-state index is -1.06. The molecule has 0 radical (unpaired) electrons. The largest absolute Gasteiger partial charge is 0.479 e. The van der Waals surface area contributed by atoms with Gasteiger partial charge in [0.15, 0.2) is 5.54 Å². The smallest absolute Gasteiger partial charge is 0.331 e. The lowest BCUT2D eigenvalue weighted by Crippen LogP contribution is -2.52. The SMILES string of the molecule is Cc1cnn(C2(C(=O)O)CCN(C(=O)CCc3ccco3)CC2)c1. The molecule has 1 aliphatic heterocycles. The van der Waals surface area contributed by atoms with Gasteiger partial charge in [0.05, 0.1) is 12.5 Å². The quantitative estimate of drug-likeness (QED) is 0.903. The van der Waals surface area contributed by atoms with Crippen LogP contribution in [-0.4, -0.2) is 44.8 Å². The molecule has 2 aromatic rings. The standard InChI is InChI=1S/C17H21N3O4/c1-13-11-18-20(12-13)17(16(22)23)6-8-19(9-7-17)15(21)5-4-14-3-2-10-24-14/h2-3,10-12H,4-9H2,1H3,(H,22,23). The molecule has 128 valence electrons. The van der Waals surface area contributed by atoms with E-state index in [0.717, 1.165) is 11.3 Å². The Morgan fingerprint density at radius 2 is 2.12 bits per heavy atom. The summed E-state index contributed by atoms with van der Waals surface area (Å²) in [6.45, 7) is 2.72. The predicted molar refractivity (Wildman–Crippen MR) is 85.4 cm³/mol. The zero-order chi connectivity index (χ0) is 17.2. The Kier molecular flexibility index (Phi) is 4.42. The summed E-state index contributed by atoms with van der Waals surface area (Å²) < 4.78 is 6.77. The van der Waals surface area contributed by atoms with Crippen molar-refractivity contribution in [2.75, 3.05) is 13.1 Å². The van der Waals surface area contributed by atoms with E-state index in [9.17, 15) is 14.7 Å². The van der Waals surface area contributed by atoms with Crippen molar-refractivity contribution >= 4 is 11.9 Å². The Labute approximate surface area is 139 Å². The lowest BCUT2D eigenvalue weighted by Gasteiger charge is -2.39. The van der Waals surface area contributed by atoms with E-state index in [0.29, 0.717) is 38.8 Å². The number of carboxylic acids is 1. The van der Waals surface area contributed by atoms with Crippen molar-refractivity contribution in [2.24, 2.45) is 0 Å². The molecule has 0 aliphatic carbocycles. The maximum Gasteiger partial charge on any atom is 0.331 e. The number of carbonyl (C=O) groups excluding carboxylic acids is 1. The van der Waals surface area contributed by atoms with Gasteiger partial charge in [-0.3, -0.25) is 9.48 Å². The second-order valence-electron chi connectivity index (χ2n) is 6.26. The highest BCUT2D eigenvalue weighted by molar-refractivity contribution is 5.79. The summed E-state index contributed by atoms with van der Waals surface area (Å²) in [6.07, 6.45) is 6.65. The number of aryl methyl sites for hydroxylation is 2. The number of likely N-dealkylation sites (tertiary alicyclic amines) is 1. The number of hydrogen-bond acceptors (Lipinski definition) is 4. The summed E-state index contributed by atoms with van der Waals surface area (Å²) in [5.74, 6) is -0.0809. The van der Waals surface area contributed by atoms with Gasteiger partial charge in [0.25, 0.3) is 0 Å². The zero-order valence-corrected chi connectivity index (χ0v) is 13.6. The number of carbonyl (C=O) groups is 2. The van der Waals surface area contributed by atoms with Gasteiger partial charge in [0.1, 0.15) is 5.76 Å². The van der Waals surface area contributed by atoms with Gasteiger partial charge in [0.2, 0.25) is 5.91 Å². The first-order chi connectivity index (χ1) is 11.5. The summed E-state index contributed by atoms with van der Waals surface area (Å²) in [5, 5.41) is 13.9. The first kappa shape index (κ1) is 16.3. The predicted octanol–water partition coefficient (Wildman–Crippen LogP) is 1.82. The highest BCUT2D eigenvalue weighted by atomic mass is 16.4. The van der Waals surface area contributed by atoms with Crippen molar-refractivity contribution in [1.82, 2.24) is 14.7 Å². The summed E-state index contributed by atoms with van der Waals surface area (Å²) in [5.41, 5.74) is -0.140. The Bertz CT molecular complexity index is 712. The van der Waals surface area contributed by atoms with Gasteiger partial charge in [-0.2, -0.15) is 5.10 Å². The van der Waals surface area contributed by atoms with Crippen LogP contribution in [0.15, 0.2) is 35.2 Å². The van der Waals surface area contributed by atoms with Gasteiger partial charge in [-0.15, -0.1) is 0 Å². The van der Waals surface area contributed by atoms with Crippen LogP contribution < -0.4 is 0 Å². The minimum Gasteiger partial charge on any atom is -0.479 e. The number of furan rings is 1. The van der Waals surface area contributed by atoms with Crippen molar-refractivity contribution in [2.45, 2.75) is 38.1 Å². The molecule has 0 spiro atoms. The molecular formula is C17H21N3O4. The molecular weight excluding hydrogens is 310 g/mol. The van der Waals surface area contributed by atoms with E-state index in [4.69, 9.17) is 4.42 Å². The Morgan fingerprint density at radius 1 is 1.38 bits per heavy atom. The maximum absolute atomic E-state index is 12.3. The summed E-state index contributed by atoms with van der Waals surface area (Å²) in [6, 6.07) is 3.65. The number of aliphatic carboxylic acids is 1. The molecule has 24 heavy (non-hydrogen) atoms. The molecule has 3 rings (SSSR count). The average molecular weight is 331 g/mol. The van der Waals surface area contributed by atoms with E-state index in [2.05, 4.69) is 5.10 Å².